The quantitative estimate of drug-likeness (QED) is 0.845. The van der Waals surface area contributed by atoms with Crippen molar-refractivity contribution in [2.45, 2.75) is 4.90 Å². The van der Waals surface area contributed by atoms with Crippen LogP contribution in [0.4, 0.5) is 0 Å². The summed E-state index contributed by atoms with van der Waals surface area (Å²) >= 11 is 0. The number of likely N-dealkylation sites (N-methyl/N-ethyl adjacent to an activating group) is 1. The topological polar surface area (TPSA) is 52.6 Å². The molecule has 0 saturated carbocycles. The second-order valence-electron chi connectivity index (χ2n) is 6.78. The molecule has 6 heteroatoms. The molecule has 0 aliphatic carbocycles. The fourth-order valence-electron chi connectivity index (χ4n) is 3.06. The molecule has 26 heavy (non-hydrogen) atoms. The molecule has 1 aliphatic rings. The minimum absolute atomic E-state index is 0.342. The van der Waals surface area contributed by atoms with Crippen LogP contribution in [0.2, 0.25) is 0 Å². The molecule has 1 N–H and O–H groups in total. The molecule has 138 valence electrons. The highest BCUT2D eigenvalue weighted by Gasteiger charge is 2.24. The van der Waals surface area contributed by atoms with Gasteiger partial charge in [-0.25, -0.2) is 13.8 Å². The molecule has 3 rings (SSSR count). The minimum Gasteiger partial charge on any atom is -0.308 e. The van der Waals surface area contributed by atoms with Gasteiger partial charge in [-0.05, 0) is 37.4 Å². The third-order valence-corrected chi connectivity index (χ3v) is 5.58. The molecular weight excluding hydrogens is 346 g/mol. The molecule has 0 atom stereocenters. The third-order valence-electron chi connectivity index (χ3n) is 4.45. The lowest BCUT2D eigenvalue weighted by Crippen LogP contribution is -2.36. The van der Waals surface area contributed by atoms with Crippen LogP contribution in [0, 0.1) is 0 Å². The molecule has 0 radical (unpaired) electrons. The van der Waals surface area contributed by atoms with Gasteiger partial charge in [0.05, 0.1) is 10.6 Å². The van der Waals surface area contributed by atoms with Gasteiger partial charge in [-0.15, -0.1) is 0 Å². The number of benzene rings is 2. The van der Waals surface area contributed by atoms with E-state index in [4.69, 9.17) is 0 Å². The van der Waals surface area contributed by atoms with Gasteiger partial charge in [-0.2, -0.15) is 0 Å². The van der Waals surface area contributed by atoms with E-state index in [1.165, 1.54) is 17.4 Å². The Kier molecular flexibility index (Phi) is 5.46. The van der Waals surface area contributed by atoms with Gasteiger partial charge in [0.1, 0.15) is 0 Å². The lowest BCUT2D eigenvalue weighted by Gasteiger charge is -2.24. The largest absolute Gasteiger partial charge is 0.308 e. The lowest BCUT2D eigenvalue weighted by atomic mass is 10.0. The van der Waals surface area contributed by atoms with Crippen molar-refractivity contribution in [3.8, 4) is 0 Å². The monoisotopic (exact) mass is 371 g/mol. The molecule has 5 nitrogen and oxygen atoms in total. The van der Waals surface area contributed by atoms with Crippen LogP contribution in [0.3, 0.4) is 0 Å². The van der Waals surface area contributed by atoms with Crippen molar-refractivity contribution < 1.29 is 8.42 Å². The summed E-state index contributed by atoms with van der Waals surface area (Å²) in [7, 11) is 0.912. The Bertz CT molecular complexity index is 888. The van der Waals surface area contributed by atoms with E-state index < -0.39 is 9.84 Å². The maximum atomic E-state index is 11.8. The van der Waals surface area contributed by atoms with Crippen molar-refractivity contribution in [1.29, 1.82) is 0 Å². The molecule has 0 bridgehead atoms. The summed E-state index contributed by atoms with van der Waals surface area (Å²) in [6, 6.07) is 17.5. The first-order valence-corrected chi connectivity index (χ1v) is 10.5. The van der Waals surface area contributed by atoms with E-state index >= 15 is 0 Å². The number of nitrogens with one attached hydrogen (secondary N) is 1. The van der Waals surface area contributed by atoms with Crippen molar-refractivity contribution in [3.63, 3.8) is 0 Å². The zero-order chi connectivity index (χ0) is 18.7. The molecule has 2 aromatic rings. The van der Waals surface area contributed by atoms with Crippen LogP contribution in [0.1, 0.15) is 11.1 Å². The number of rotatable bonds is 6. The number of hydrogen-bond acceptors (Lipinski definition) is 5. The van der Waals surface area contributed by atoms with Gasteiger partial charge < -0.3 is 9.91 Å². The summed E-state index contributed by atoms with van der Waals surface area (Å²) in [5.74, 6) is 0. The summed E-state index contributed by atoms with van der Waals surface area (Å²) in [5, 5.41) is 2.16. The summed E-state index contributed by atoms with van der Waals surface area (Å²) in [6.07, 6.45) is 1.23. The number of sulfone groups is 1. The average molecular weight is 372 g/mol. The second-order valence-corrected chi connectivity index (χ2v) is 8.80. The third kappa shape index (κ3) is 4.15. The van der Waals surface area contributed by atoms with E-state index in [2.05, 4.69) is 41.6 Å². The van der Waals surface area contributed by atoms with Gasteiger partial charge in [0.25, 0.3) is 0 Å². The molecule has 0 unspecified atom stereocenters. The van der Waals surface area contributed by atoms with E-state index in [1.807, 2.05) is 30.3 Å². The molecular formula is C20H25N3O2S. The summed E-state index contributed by atoms with van der Waals surface area (Å²) in [6.45, 7) is 2.51. The predicted octanol–water partition coefficient (Wildman–Crippen LogP) is 2.34. The van der Waals surface area contributed by atoms with E-state index in [1.54, 1.807) is 12.1 Å². The number of hydrazine groups is 1. The first-order valence-electron chi connectivity index (χ1n) is 8.61. The van der Waals surface area contributed by atoms with Gasteiger partial charge in [-0.3, -0.25) is 0 Å². The Labute approximate surface area is 155 Å². The average Bonchev–Trinajstić information content (AvgIpc) is 3.04. The van der Waals surface area contributed by atoms with Crippen molar-refractivity contribution in [1.82, 2.24) is 15.3 Å². The smallest absolute Gasteiger partial charge is 0.175 e. The van der Waals surface area contributed by atoms with Gasteiger partial charge in [0.2, 0.25) is 0 Å². The van der Waals surface area contributed by atoms with Gasteiger partial charge in [0, 0.05) is 31.5 Å². The van der Waals surface area contributed by atoms with Gasteiger partial charge in [-0.1, -0.05) is 42.5 Å². The minimum atomic E-state index is -3.20. The Morgan fingerprint density at radius 1 is 1.00 bits per heavy atom. The zero-order valence-corrected chi connectivity index (χ0v) is 16.3. The van der Waals surface area contributed by atoms with Crippen LogP contribution in [0.5, 0.6) is 0 Å². The highest BCUT2D eigenvalue weighted by Crippen LogP contribution is 2.32. The SMILES string of the molecule is CN(C)CCN1NCC(c2ccccc2)=C1c1ccc(S(C)(=O)=O)cc1. The summed E-state index contributed by atoms with van der Waals surface area (Å²) in [5.41, 5.74) is 7.99. The van der Waals surface area contributed by atoms with E-state index in [-0.39, 0.29) is 0 Å². The highest BCUT2D eigenvalue weighted by atomic mass is 32.2. The maximum absolute atomic E-state index is 11.8. The summed E-state index contributed by atoms with van der Waals surface area (Å²) in [4.78, 5) is 2.49. The second kappa shape index (κ2) is 7.61. The molecule has 2 aromatic carbocycles. The molecule has 1 heterocycles. The molecule has 1 aliphatic heterocycles. The van der Waals surface area contributed by atoms with Crippen LogP contribution < -0.4 is 5.43 Å². The number of nitrogens with zero attached hydrogens (tertiary/aromatic N) is 2. The predicted molar refractivity (Wildman–Crippen MR) is 106 cm³/mol. The molecule has 0 saturated heterocycles. The molecule has 0 fully saturated rings. The fraction of sp³-hybridized carbons (Fsp3) is 0.300. The van der Waals surface area contributed by atoms with Gasteiger partial charge in [0.15, 0.2) is 9.84 Å². The first kappa shape index (κ1) is 18.6. The Morgan fingerprint density at radius 2 is 1.65 bits per heavy atom. The lowest BCUT2D eigenvalue weighted by molar-refractivity contribution is 0.276. The highest BCUT2D eigenvalue weighted by molar-refractivity contribution is 7.90. The van der Waals surface area contributed by atoms with Gasteiger partial charge >= 0.3 is 0 Å². The Morgan fingerprint density at radius 3 is 2.23 bits per heavy atom. The maximum Gasteiger partial charge on any atom is 0.175 e. The fourth-order valence-corrected chi connectivity index (χ4v) is 3.69. The van der Waals surface area contributed by atoms with Crippen molar-refractivity contribution in [3.05, 3.63) is 65.7 Å². The van der Waals surface area contributed by atoms with Crippen LogP contribution in [0.15, 0.2) is 59.5 Å². The van der Waals surface area contributed by atoms with Crippen LogP contribution >= 0.6 is 0 Å². The zero-order valence-electron chi connectivity index (χ0n) is 15.4. The van der Waals surface area contributed by atoms with E-state index in [9.17, 15) is 8.42 Å². The number of hydrogen-bond donors (Lipinski definition) is 1. The van der Waals surface area contributed by atoms with Crippen LogP contribution in [0.25, 0.3) is 11.3 Å². The van der Waals surface area contributed by atoms with Crippen LogP contribution in [-0.4, -0.2) is 58.3 Å². The van der Waals surface area contributed by atoms with Crippen LogP contribution in [-0.2, 0) is 9.84 Å². The molecule has 0 amide bonds. The Balaban J connectivity index is 2.03. The molecule has 0 aromatic heterocycles. The standard InChI is InChI=1S/C20H25N3O2S/c1-22(2)13-14-23-20(17-9-11-18(12-10-17)26(3,24)25)19(15-21-23)16-7-5-4-6-8-16/h4-12,21H,13-15H2,1-3H3. The normalized spacial score (nSPS) is 15.2. The van der Waals surface area contributed by atoms with E-state index in [0.717, 1.165) is 30.9 Å². The van der Waals surface area contributed by atoms with Crippen molar-refractivity contribution in [2.24, 2.45) is 0 Å². The molecule has 0 spiro atoms. The summed E-state index contributed by atoms with van der Waals surface area (Å²) < 4.78 is 23.5. The van der Waals surface area contributed by atoms with Crippen molar-refractivity contribution >= 4 is 21.1 Å². The Hall–Kier alpha value is -2.15. The first-order chi connectivity index (χ1) is 12.4. The van der Waals surface area contributed by atoms with E-state index in [0.29, 0.717) is 4.90 Å². The van der Waals surface area contributed by atoms with Crippen molar-refractivity contribution in [2.75, 3.05) is 40.0 Å².